The zero-order chi connectivity index (χ0) is 19.5. The van der Waals surface area contributed by atoms with Gasteiger partial charge in [0.1, 0.15) is 16.4 Å². The molecule has 0 saturated heterocycles. The quantitative estimate of drug-likeness (QED) is 0.470. The molecule has 0 radical (unpaired) electrons. The van der Waals surface area contributed by atoms with Gasteiger partial charge < -0.3 is 9.73 Å². The summed E-state index contributed by atoms with van der Waals surface area (Å²) in [6.07, 6.45) is 1.68. The summed E-state index contributed by atoms with van der Waals surface area (Å²) in [6, 6.07) is 13.3. The Morgan fingerprint density at radius 2 is 2.00 bits per heavy atom. The molecular formula is C20H16BrN3O3S. The van der Waals surface area contributed by atoms with Gasteiger partial charge in [0.05, 0.1) is 18.3 Å². The highest BCUT2D eigenvalue weighted by atomic mass is 79.9. The second kappa shape index (κ2) is 8.12. The summed E-state index contributed by atoms with van der Waals surface area (Å²) in [7, 11) is 0. The van der Waals surface area contributed by atoms with Crippen molar-refractivity contribution in [2.45, 2.75) is 19.5 Å². The zero-order valence-electron chi connectivity index (χ0n) is 14.7. The van der Waals surface area contributed by atoms with Crippen LogP contribution in [-0.2, 0) is 17.9 Å². The van der Waals surface area contributed by atoms with E-state index in [9.17, 15) is 9.59 Å². The standard InChI is InChI=1S/C20H16BrN3O3S/c21-14-3-1-13(2-4-14)17-6-5-15(27-17)11-22-18(25)7-9-24-12-23-19-16(20(24)26)8-10-28-19/h1-6,8,10,12H,7,9,11H2,(H,22,25). The monoisotopic (exact) mass is 457 g/mol. The van der Waals surface area contributed by atoms with E-state index in [1.165, 1.54) is 22.2 Å². The maximum absolute atomic E-state index is 12.3. The Morgan fingerprint density at radius 3 is 2.82 bits per heavy atom. The van der Waals surface area contributed by atoms with Crippen LogP contribution in [0.3, 0.4) is 0 Å². The van der Waals surface area contributed by atoms with Crippen molar-refractivity contribution in [1.29, 1.82) is 0 Å². The van der Waals surface area contributed by atoms with E-state index in [4.69, 9.17) is 4.42 Å². The highest BCUT2D eigenvalue weighted by molar-refractivity contribution is 9.10. The first-order valence-electron chi connectivity index (χ1n) is 8.64. The Kier molecular flexibility index (Phi) is 5.40. The molecule has 4 aromatic rings. The number of nitrogens with zero attached hydrogens (tertiary/aromatic N) is 2. The minimum Gasteiger partial charge on any atom is -0.459 e. The molecule has 4 rings (SSSR count). The maximum Gasteiger partial charge on any atom is 0.262 e. The van der Waals surface area contributed by atoms with Gasteiger partial charge in [0.2, 0.25) is 5.91 Å². The molecule has 0 aliphatic heterocycles. The number of fused-ring (bicyclic) bond motifs is 1. The normalized spacial score (nSPS) is 11.0. The number of rotatable bonds is 6. The summed E-state index contributed by atoms with van der Waals surface area (Å²) in [5.41, 5.74) is 0.848. The minimum atomic E-state index is -0.154. The Bertz CT molecular complexity index is 1180. The molecule has 1 N–H and O–H groups in total. The van der Waals surface area contributed by atoms with Crippen molar-refractivity contribution in [2.24, 2.45) is 0 Å². The molecule has 0 aliphatic rings. The van der Waals surface area contributed by atoms with Crippen LogP contribution in [-0.4, -0.2) is 15.5 Å². The first-order chi connectivity index (χ1) is 13.6. The highest BCUT2D eigenvalue weighted by Gasteiger charge is 2.09. The lowest BCUT2D eigenvalue weighted by Gasteiger charge is -2.06. The van der Waals surface area contributed by atoms with Crippen molar-refractivity contribution in [3.8, 4) is 11.3 Å². The maximum atomic E-state index is 12.3. The Balaban J connectivity index is 1.32. The second-order valence-electron chi connectivity index (χ2n) is 6.18. The molecular weight excluding hydrogens is 442 g/mol. The summed E-state index contributed by atoms with van der Waals surface area (Å²) in [6.45, 7) is 0.581. The van der Waals surface area contributed by atoms with E-state index in [-0.39, 0.29) is 24.4 Å². The number of carbonyl (C=O) groups is 1. The van der Waals surface area contributed by atoms with Gasteiger partial charge in [-0.05, 0) is 35.7 Å². The molecule has 142 valence electrons. The molecule has 1 aromatic carbocycles. The molecule has 0 saturated carbocycles. The van der Waals surface area contributed by atoms with Crippen LogP contribution in [0.15, 0.2) is 67.9 Å². The van der Waals surface area contributed by atoms with E-state index in [0.29, 0.717) is 22.5 Å². The summed E-state index contributed by atoms with van der Waals surface area (Å²) >= 11 is 4.83. The number of hydrogen-bond acceptors (Lipinski definition) is 5. The van der Waals surface area contributed by atoms with Gasteiger partial charge in [-0.1, -0.05) is 28.1 Å². The van der Waals surface area contributed by atoms with Gasteiger partial charge in [0, 0.05) is 23.0 Å². The van der Waals surface area contributed by atoms with Crippen LogP contribution in [0.1, 0.15) is 12.2 Å². The van der Waals surface area contributed by atoms with E-state index in [1.54, 1.807) is 6.07 Å². The molecule has 0 fully saturated rings. The van der Waals surface area contributed by atoms with Crippen LogP contribution >= 0.6 is 27.3 Å². The minimum absolute atomic E-state index is 0.121. The smallest absolute Gasteiger partial charge is 0.262 e. The molecule has 1 amide bonds. The van der Waals surface area contributed by atoms with Crippen LogP contribution in [0, 0.1) is 0 Å². The molecule has 0 atom stereocenters. The average Bonchev–Trinajstić information content (AvgIpc) is 3.36. The van der Waals surface area contributed by atoms with Gasteiger partial charge >= 0.3 is 0 Å². The van der Waals surface area contributed by atoms with E-state index >= 15 is 0 Å². The number of nitrogens with one attached hydrogen (secondary N) is 1. The molecule has 3 aromatic heterocycles. The first-order valence-corrected chi connectivity index (χ1v) is 10.3. The second-order valence-corrected chi connectivity index (χ2v) is 7.99. The lowest BCUT2D eigenvalue weighted by molar-refractivity contribution is -0.121. The predicted octanol–water partition coefficient (Wildman–Crippen LogP) is 4.19. The molecule has 3 heterocycles. The third-order valence-corrected chi connectivity index (χ3v) is 5.63. The number of aryl methyl sites for hydroxylation is 1. The summed E-state index contributed by atoms with van der Waals surface area (Å²) in [4.78, 5) is 29.4. The number of amides is 1. The molecule has 0 unspecified atom stereocenters. The number of benzene rings is 1. The third kappa shape index (κ3) is 4.07. The fourth-order valence-electron chi connectivity index (χ4n) is 2.79. The Labute approximate surface area is 173 Å². The van der Waals surface area contributed by atoms with Crippen molar-refractivity contribution in [3.63, 3.8) is 0 Å². The van der Waals surface area contributed by atoms with Gasteiger partial charge in [-0.3, -0.25) is 14.2 Å². The van der Waals surface area contributed by atoms with Crippen LogP contribution < -0.4 is 10.9 Å². The van der Waals surface area contributed by atoms with Crippen LogP contribution in [0.25, 0.3) is 21.5 Å². The zero-order valence-corrected chi connectivity index (χ0v) is 17.1. The van der Waals surface area contributed by atoms with Crippen molar-refractivity contribution >= 4 is 43.4 Å². The molecule has 6 nitrogen and oxygen atoms in total. The van der Waals surface area contributed by atoms with Crippen molar-refractivity contribution in [3.05, 3.63) is 74.8 Å². The number of carbonyl (C=O) groups excluding carboxylic acids is 1. The van der Waals surface area contributed by atoms with Crippen molar-refractivity contribution in [2.75, 3.05) is 0 Å². The van der Waals surface area contributed by atoms with Crippen LogP contribution in [0.4, 0.5) is 0 Å². The Hall–Kier alpha value is -2.71. The topological polar surface area (TPSA) is 77.1 Å². The van der Waals surface area contributed by atoms with E-state index in [1.807, 2.05) is 41.8 Å². The molecule has 28 heavy (non-hydrogen) atoms. The molecule has 8 heteroatoms. The lowest BCUT2D eigenvalue weighted by Crippen LogP contribution is -2.27. The largest absolute Gasteiger partial charge is 0.459 e. The fourth-order valence-corrected chi connectivity index (χ4v) is 3.78. The predicted molar refractivity (Wildman–Crippen MR) is 112 cm³/mol. The molecule has 0 aliphatic carbocycles. The van der Waals surface area contributed by atoms with E-state index < -0.39 is 0 Å². The third-order valence-electron chi connectivity index (χ3n) is 4.28. The number of hydrogen-bond donors (Lipinski definition) is 1. The summed E-state index contributed by atoms with van der Waals surface area (Å²) in [5, 5.41) is 5.24. The van der Waals surface area contributed by atoms with Gasteiger partial charge in [-0.25, -0.2) is 4.98 Å². The van der Waals surface area contributed by atoms with Gasteiger partial charge in [0.25, 0.3) is 5.56 Å². The number of aromatic nitrogens is 2. The van der Waals surface area contributed by atoms with Gasteiger partial charge in [0.15, 0.2) is 0 Å². The molecule has 0 spiro atoms. The molecule has 0 bridgehead atoms. The first kappa shape index (κ1) is 18.6. The fraction of sp³-hybridized carbons (Fsp3) is 0.150. The van der Waals surface area contributed by atoms with Crippen molar-refractivity contribution < 1.29 is 9.21 Å². The average molecular weight is 458 g/mol. The SMILES string of the molecule is O=C(CCn1cnc2sccc2c1=O)NCc1ccc(-c2ccc(Br)cc2)o1. The van der Waals surface area contributed by atoms with Crippen LogP contribution in [0.2, 0.25) is 0 Å². The van der Waals surface area contributed by atoms with Crippen LogP contribution in [0.5, 0.6) is 0 Å². The van der Waals surface area contributed by atoms with Gasteiger partial charge in [-0.15, -0.1) is 11.3 Å². The number of thiophene rings is 1. The number of furan rings is 1. The van der Waals surface area contributed by atoms with Gasteiger partial charge in [-0.2, -0.15) is 0 Å². The summed E-state index contributed by atoms with van der Waals surface area (Å²) < 4.78 is 8.26. The number of halogens is 1. The van der Waals surface area contributed by atoms with Crippen molar-refractivity contribution in [1.82, 2.24) is 14.9 Å². The van der Waals surface area contributed by atoms with E-state index in [2.05, 4.69) is 26.2 Å². The highest BCUT2D eigenvalue weighted by Crippen LogP contribution is 2.24. The Morgan fingerprint density at radius 1 is 1.18 bits per heavy atom. The summed E-state index contributed by atoms with van der Waals surface area (Å²) in [5.74, 6) is 1.27. The lowest BCUT2D eigenvalue weighted by atomic mass is 10.2. The van der Waals surface area contributed by atoms with E-state index in [0.717, 1.165) is 15.8 Å².